The van der Waals surface area contributed by atoms with Gasteiger partial charge in [-0.05, 0) is 38.0 Å². The highest BCUT2D eigenvalue weighted by Crippen LogP contribution is 2.27. The predicted octanol–water partition coefficient (Wildman–Crippen LogP) is 2.39. The van der Waals surface area contributed by atoms with Gasteiger partial charge in [-0.15, -0.1) is 0 Å². The van der Waals surface area contributed by atoms with Crippen molar-refractivity contribution in [2.45, 2.75) is 51.5 Å². The smallest absolute Gasteiger partial charge is 0.322 e. The van der Waals surface area contributed by atoms with Crippen LogP contribution in [0.15, 0.2) is 6.07 Å². The molecule has 0 radical (unpaired) electrons. The number of aryl methyl sites for hydroxylation is 2. The third-order valence-electron chi connectivity index (χ3n) is 4.61. The molecule has 0 unspecified atom stereocenters. The Morgan fingerprint density at radius 1 is 1.45 bits per heavy atom. The molecule has 0 spiro atoms. The van der Waals surface area contributed by atoms with E-state index in [0.29, 0.717) is 5.92 Å². The van der Waals surface area contributed by atoms with Crippen molar-refractivity contribution >= 4 is 11.8 Å². The lowest BCUT2D eigenvalue weighted by atomic mass is 9.86. The first-order chi connectivity index (χ1) is 10.5. The summed E-state index contributed by atoms with van der Waals surface area (Å²) < 4.78 is 1.72. The van der Waals surface area contributed by atoms with Crippen LogP contribution in [-0.4, -0.2) is 45.5 Å². The molecule has 1 aliphatic rings. The summed E-state index contributed by atoms with van der Waals surface area (Å²) in [4.78, 5) is 14.2. The molecule has 2 amide bonds. The number of anilines is 1. The Kier molecular flexibility index (Phi) is 5.83. The number of aliphatic hydroxyl groups is 1. The summed E-state index contributed by atoms with van der Waals surface area (Å²) in [6.45, 7) is 2.38. The van der Waals surface area contributed by atoms with Crippen molar-refractivity contribution in [1.29, 1.82) is 0 Å². The van der Waals surface area contributed by atoms with E-state index in [0.717, 1.165) is 50.0 Å². The van der Waals surface area contributed by atoms with Crippen LogP contribution in [0.4, 0.5) is 10.6 Å². The van der Waals surface area contributed by atoms with Gasteiger partial charge in [0.25, 0.3) is 0 Å². The highest BCUT2D eigenvalue weighted by atomic mass is 16.3. The Labute approximate surface area is 132 Å². The molecule has 6 heteroatoms. The second kappa shape index (κ2) is 7.63. The van der Waals surface area contributed by atoms with Gasteiger partial charge in [-0.3, -0.25) is 10.00 Å². The van der Waals surface area contributed by atoms with Crippen molar-refractivity contribution in [2.24, 2.45) is 13.0 Å². The van der Waals surface area contributed by atoms with Crippen LogP contribution in [0.1, 0.15) is 44.7 Å². The molecule has 0 aliphatic heterocycles. The van der Waals surface area contributed by atoms with Gasteiger partial charge >= 0.3 is 6.03 Å². The van der Waals surface area contributed by atoms with E-state index in [2.05, 4.69) is 17.3 Å². The van der Waals surface area contributed by atoms with Gasteiger partial charge in [0.1, 0.15) is 5.82 Å². The van der Waals surface area contributed by atoms with E-state index in [1.54, 1.807) is 9.58 Å². The van der Waals surface area contributed by atoms with Gasteiger partial charge in [0.15, 0.2) is 0 Å². The SMILES string of the molecule is CCCc1cc(NC(=O)N(C)C2CCC(CO)CC2)n(C)n1. The van der Waals surface area contributed by atoms with Crippen molar-refractivity contribution < 1.29 is 9.90 Å². The minimum absolute atomic E-state index is 0.0847. The minimum Gasteiger partial charge on any atom is -0.396 e. The Balaban J connectivity index is 1.91. The van der Waals surface area contributed by atoms with E-state index in [1.165, 1.54) is 0 Å². The van der Waals surface area contributed by atoms with Crippen molar-refractivity contribution in [3.63, 3.8) is 0 Å². The number of urea groups is 1. The molecule has 1 aromatic heterocycles. The predicted molar refractivity (Wildman–Crippen MR) is 86.8 cm³/mol. The maximum Gasteiger partial charge on any atom is 0.322 e. The number of nitrogens with one attached hydrogen (secondary N) is 1. The third kappa shape index (κ3) is 4.00. The monoisotopic (exact) mass is 308 g/mol. The molecule has 1 fully saturated rings. The van der Waals surface area contributed by atoms with E-state index >= 15 is 0 Å². The van der Waals surface area contributed by atoms with Crippen LogP contribution in [0.5, 0.6) is 0 Å². The molecule has 1 saturated carbocycles. The van der Waals surface area contributed by atoms with Gasteiger partial charge in [0, 0.05) is 32.8 Å². The van der Waals surface area contributed by atoms with E-state index in [9.17, 15) is 9.90 Å². The van der Waals surface area contributed by atoms with Crippen LogP contribution in [0, 0.1) is 5.92 Å². The molecule has 22 heavy (non-hydrogen) atoms. The zero-order valence-electron chi connectivity index (χ0n) is 13.9. The number of hydrogen-bond acceptors (Lipinski definition) is 3. The molecule has 2 rings (SSSR count). The van der Waals surface area contributed by atoms with E-state index in [1.807, 2.05) is 20.2 Å². The minimum atomic E-state index is -0.0847. The van der Waals surface area contributed by atoms with E-state index < -0.39 is 0 Å². The fraction of sp³-hybridized carbons (Fsp3) is 0.750. The highest BCUT2D eigenvalue weighted by molar-refractivity contribution is 5.88. The zero-order chi connectivity index (χ0) is 16.1. The number of aromatic nitrogens is 2. The summed E-state index contributed by atoms with van der Waals surface area (Å²) in [7, 11) is 3.70. The fourth-order valence-corrected chi connectivity index (χ4v) is 3.10. The van der Waals surface area contributed by atoms with Gasteiger partial charge in [-0.2, -0.15) is 5.10 Å². The maximum atomic E-state index is 12.4. The normalized spacial score (nSPS) is 21.6. The van der Waals surface area contributed by atoms with Crippen LogP contribution in [-0.2, 0) is 13.5 Å². The average Bonchev–Trinajstić information content (AvgIpc) is 2.86. The third-order valence-corrected chi connectivity index (χ3v) is 4.61. The number of rotatable bonds is 5. The van der Waals surface area contributed by atoms with Crippen molar-refractivity contribution in [2.75, 3.05) is 19.0 Å². The summed E-state index contributed by atoms with van der Waals surface area (Å²) in [6, 6.07) is 2.11. The van der Waals surface area contributed by atoms with Crippen LogP contribution in [0.25, 0.3) is 0 Å². The number of nitrogens with zero attached hydrogens (tertiary/aromatic N) is 3. The first kappa shape index (κ1) is 16.8. The Morgan fingerprint density at radius 2 is 2.14 bits per heavy atom. The lowest BCUT2D eigenvalue weighted by molar-refractivity contribution is 0.139. The molecular weight excluding hydrogens is 280 g/mol. The Bertz CT molecular complexity index is 492. The van der Waals surface area contributed by atoms with Crippen LogP contribution in [0.2, 0.25) is 0 Å². The van der Waals surface area contributed by atoms with Gasteiger partial charge < -0.3 is 10.0 Å². The standard InChI is InChI=1S/C16H28N4O2/c1-4-5-13-10-15(20(3)18-13)17-16(22)19(2)14-8-6-12(11-21)7-9-14/h10,12,14,21H,4-9,11H2,1-3H3,(H,17,22). The molecular formula is C16H28N4O2. The second-order valence-corrected chi connectivity index (χ2v) is 6.29. The Morgan fingerprint density at radius 3 is 2.73 bits per heavy atom. The summed E-state index contributed by atoms with van der Waals surface area (Å²) >= 11 is 0. The quantitative estimate of drug-likeness (QED) is 0.877. The number of amides is 2. The average molecular weight is 308 g/mol. The second-order valence-electron chi connectivity index (χ2n) is 6.29. The number of hydrogen-bond donors (Lipinski definition) is 2. The van der Waals surface area contributed by atoms with Gasteiger partial charge in [0.05, 0.1) is 5.69 Å². The lowest BCUT2D eigenvalue weighted by Crippen LogP contribution is -2.42. The van der Waals surface area contributed by atoms with Crippen molar-refractivity contribution in [3.05, 3.63) is 11.8 Å². The first-order valence-electron chi connectivity index (χ1n) is 8.22. The summed E-state index contributed by atoms with van der Waals surface area (Å²) in [5, 5.41) is 16.5. The maximum absolute atomic E-state index is 12.4. The lowest BCUT2D eigenvalue weighted by Gasteiger charge is -2.34. The molecule has 1 aromatic rings. The molecule has 6 nitrogen and oxygen atoms in total. The summed E-state index contributed by atoms with van der Waals surface area (Å²) in [5.74, 6) is 1.14. The Hall–Kier alpha value is -1.56. The fourth-order valence-electron chi connectivity index (χ4n) is 3.10. The molecule has 0 saturated heterocycles. The molecule has 2 N–H and O–H groups in total. The zero-order valence-corrected chi connectivity index (χ0v) is 13.9. The highest BCUT2D eigenvalue weighted by Gasteiger charge is 2.26. The topological polar surface area (TPSA) is 70.4 Å². The molecule has 124 valence electrons. The van der Waals surface area contributed by atoms with Gasteiger partial charge in [-0.25, -0.2) is 4.79 Å². The van der Waals surface area contributed by atoms with Crippen LogP contribution >= 0.6 is 0 Å². The van der Waals surface area contributed by atoms with Gasteiger partial charge in [-0.1, -0.05) is 13.3 Å². The first-order valence-corrected chi connectivity index (χ1v) is 8.22. The van der Waals surface area contributed by atoms with Crippen LogP contribution in [0.3, 0.4) is 0 Å². The van der Waals surface area contributed by atoms with Gasteiger partial charge in [0.2, 0.25) is 0 Å². The van der Waals surface area contributed by atoms with E-state index in [-0.39, 0.29) is 18.7 Å². The summed E-state index contributed by atoms with van der Waals surface area (Å²) in [5.41, 5.74) is 1.01. The van der Waals surface area contributed by atoms with Crippen LogP contribution < -0.4 is 5.32 Å². The summed E-state index contributed by atoms with van der Waals surface area (Å²) in [6.07, 6.45) is 5.86. The largest absolute Gasteiger partial charge is 0.396 e. The molecule has 0 atom stereocenters. The molecule has 1 heterocycles. The number of aliphatic hydroxyl groups excluding tert-OH is 1. The number of carbonyl (C=O) groups excluding carboxylic acids is 1. The molecule has 1 aliphatic carbocycles. The van der Waals surface area contributed by atoms with Crippen molar-refractivity contribution in [3.8, 4) is 0 Å². The van der Waals surface area contributed by atoms with Crippen molar-refractivity contribution in [1.82, 2.24) is 14.7 Å². The molecule has 0 bridgehead atoms. The molecule has 0 aromatic carbocycles. The van der Waals surface area contributed by atoms with E-state index in [4.69, 9.17) is 0 Å². The number of carbonyl (C=O) groups is 1.